The maximum atomic E-state index is 8.15. The maximum Gasteiger partial charge on any atom is 0.121 e. The molecule has 0 unspecified atom stereocenters. The van der Waals surface area contributed by atoms with Crippen LogP contribution < -0.4 is 0 Å². The number of imidazole rings is 1. The summed E-state index contributed by atoms with van der Waals surface area (Å²) in [6.07, 6.45) is 2.89. The summed E-state index contributed by atoms with van der Waals surface area (Å²) in [5.41, 5.74) is 18.4. The fourth-order valence-electron chi connectivity index (χ4n) is 12.5. The first-order valence-corrected chi connectivity index (χ1v) is 27.6. The molecule has 3 heterocycles. The van der Waals surface area contributed by atoms with Crippen LogP contribution in [0.3, 0.4) is 0 Å². The second-order valence-corrected chi connectivity index (χ2v) is 24.6. The number of pyridine rings is 1. The van der Waals surface area contributed by atoms with Crippen LogP contribution in [-0.4, -0.2) is 14.5 Å². The number of fused-ring (bicyclic) bond motifs is 8. The van der Waals surface area contributed by atoms with Gasteiger partial charge in [0.05, 0.1) is 22.4 Å². The van der Waals surface area contributed by atoms with Crippen molar-refractivity contribution in [3.05, 3.63) is 222 Å². The van der Waals surface area contributed by atoms with Gasteiger partial charge in [-0.2, -0.15) is 0 Å². The predicted octanol–water partition coefficient (Wildman–Crippen LogP) is 20.4. The molecule has 9 aromatic carbocycles. The Kier molecular flexibility index (Phi) is 12.8. The van der Waals surface area contributed by atoms with Crippen LogP contribution >= 0.6 is 0 Å². The third-order valence-electron chi connectivity index (χ3n) is 16.4. The molecular formula is C74H69IrN3O-2. The summed E-state index contributed by atoms with van der Waals surface area (Å²) in [5.74, 6) is 1.40. The van der Waals surface area contributed by atoms with Crippen molar-refractivity contribution in [2.24, 2.45) is 0 Å². The van der Waals surface area contributed by atoms with Gasteiger partial charge >= 0.3 is 0 Å². The van der Waals surface area contributed by atoms with Crippen LogP contribution in [0.25, 0.3) is 105 Å². The summed E-state index contributed by atoms with van der Waals surface area (Å²) in [5, 5.41) is 7.02. The minimum Gasteiger partial charge on any atom is -0.501 e. The first-order valence-electron chi connectivity index (χ1n) is 29.1. The average Bonchev–Trinajstić information content (AvgIpc) is 4.29. The van der Waals surface area contributed by atoms with E-state index in [-0.39, 0.29) is 48.2 Å². The molecule has 0 N–H and O–H groups in total. The van der Waals surface area contributed by atoms with Crippen LogP contribution in [0, 0.1) is 19.0 Å². The number of hydrogen-bond acceptors (Lipinski definition) is 3. The number of para-hydroxylation sites is 2. The Bertz CT molecular complexity index is 4390. The van der Waals surface area contributed by atoms with Gasteiger partial charge in [-0.3, -0.25) is 4.98 Å². The summed E-state index contributed by atoms with van der Waals surface area (Å²) < 4.78 is 33.6. The first kappa shape index (κ1) is 49.8. The van der Waals surface area contributed by atoms with Crippen molar-refractivity contribution in [1.29, 1.82) is 0 Å². The second-order valence-electron chi connectivity index (χ2n) is 24.6. The van der Waals surface area contributed by atoms with Crippen molar-refractivity contribution in [1.82, 2.24) is 14.5 Å². The predicted molar refractivity (Wildman–Crippen MR) is 329 cm³/mol. The zero-order chi connectivity index (χ0) is 56.9. The molecule has 0 saturated heterocycles. The Labute approximate surface area is 484 Å². The molecule has 79 heavy (non-hydrogen) atoms. The van der Waals surface area contributed by atoms with Gasteiger partial charge in [-0.15, -0.1) is 47.5 Å². The first-order chi connectivity index (χ1) is 38.6. The minimum atomic E-state index is -2.22. The molecule has 0 aliphatic heterocycles. The van der Waals surface area contributed by atoms with Crippen molar-refractivity contribution in [3.63, 3.8) is 0 Å². The molecule has 1 aliphatic carbocycles. The zero-order valence-electron chi connectivity index (χ0n) is 50.2. The molecule has 12 aromatic rings. The number of hydrogen-bond donors (Lipinski definition) is 0. The van der Waals surface area contributed by atoms with E-state index < -0.39 is 6.85 Å². The fourth-order valence-corrected chi connectivity index (χ4v) is 12.5. The monoisotopic (exact) mass is 1210 g/mol. The number of furan rings is 1. The molecule has 0 atom stereocenters. The number of rotatable bonds is 7. The van der Waals surface area contributed by atoms with E-state index in [4.69, 9.17) is 13.5 Å². The molecule has 0 saturated carbocycles. The van der Waals surface area contributed by atoms with Gasteiger partial charge in [0.2, 0.25) is 0 Å². The molecule has 1 aliphatic rings. The molecule has 5 heteroatoms. The summed E-state index contributed by atoms with van der Waals surface area (Å²) in [6, 6.07) is 66.5. The van der Waals surface area contributed by atoms with Crippen LogP contribution in [0.1, 0.15) is 132 Å². The normalized spacial score (nSPS) is 14.6. The van der Waals surface area contributed by atoms with E-state index >= 15 is 0 Å². The summed E-state index contributed by atoms with van der Waals surface area (Å²) in [7, 11) is 0. The van der Waals surface area contributed by atoms with Gasteiger partial charge in [-0.05, 0) is 149 Å². The summed E-state index contributed by atoms with van der Waals surface area (Å²) >= 11 is 0. The van der Waals surface area contributed by atoms with Gasteiger partial charge in [0.1, 0.15) is 5.58 Å². The van der Waals surface area contributed by atoms with Gasteiger partial charge in [0.15, 0.2) is 0 Å². The van der Waals surface area contributed by atoms with E-state index in [1.807, 2.05) is 24.4 Å². The molecular weight excluding hydrogens is 1140 g/mol. The third kappa shape index (κ3) is 9.64. The minimum absolute atomic E-state index is 0. The van der Waals surface area contributed by atoms with E-state index in [0.717, 1.165) is 73.2 Å². The van der Waals surface area contributed by atoms with Crippen molar-refractivity contribution in [2.75, 3.05) is 0 Å². The average molecular weight is 1210 g/mol. The van der Waals surface area contributed by atoms with E-state index in [1.165, 1.54) is 66.2 Å². The molecule has 397 valence electrons. The van der Waals surface area contributed by atoms with Crippen molar-refractivity contribution in [3.8, 4) is 50.6 Å². The van der Waals surface area contributed by atoms with Crippen LogP contribution in [0.15, 0.2) is 180 Å². The molecule has 4 nitrogen and oxygen atoms in total. The van der Waals surface area contributed by atoms with Gasteiger partial charge in [0.25, 0.3) is 0 Å². The Hall–Kier alpha value is -7.43. The second kappa shape index (κ2) is 20.3. The Morgan fingerprint density at radius 2 is 1.34 bits per heavy atom. The topological polar surface area (TPSA) is 43.9 Å². The molecule has 0 fully saturated rings. The number of benzene rings is 9. The number of nitrogens with zero attached hydrogens (tertiary/aromatic N) is 3. The van der Waals surface area contributed by atoms with Crippen molar-refractivity contribution >= 4 is 54.5 Å². The Morgan fingerprint density at radius 1 is 0.633 bits per heavy atom. The van der Waals surface area contributed by atoms with E-state index in [2.05, 4.69) is 243 Å². The fraction of sp³-hybridized carbons (Fsp3) is 0.243. The molecule has 3 aromatic heterocycles. The molecule has 0 spiro atoms. The zero-order valence-corrected chi connectivity index (χ0v) is 49.6. The van der Waals surface area contributed by atoms with Gasteiger partial charge in [0, 0.05) is 41.5 Å². The SMILES string of the molecule is CC(C)c1cc(-c2ccccc2)cc(C(C)C)c1-n1c(-c2[c-]ccc3c2oc2cc4c(ccc5ccccc54)cc23)nc2ccccc21.[2H]C([2H])([2H])c1c[c-]c(-c2cc(C(C)(C)C)ccn2)cc1-c1ccc2c(c1)C(C)(C)CC2(C)C.[Ir]. The third-order valence-corrected chi connectivity index (χ3v) is 16.4. The van der Waals surface area contributed by atoms with E-state index in [1.54, 1.807) is 6.07 Å². The number of aryl methyl sites for hydroxylation is 1. The van der Waals surface area contributed by atoms with Crippen molar-refractivity contribution in [2.45, 2.75) is 118 Å². The smallest absolute Gasteiger partial charge is 0.121 e. The largest absolute Gasteiger partial charge is 0.501 e. The molecule has 13 rings (SSSR count). The summed E-state index contributed by atoms with van der Waals surface area (Å²) in [6.45, 7) is 22.6. The van der Waals surface area contributed by atoms with Crippen molar-refractivity contribution < 1.29 is 28.6 Å². The number of aromatic nitrogens is 3. The molecule has 0 bridgehead atoms. The molecule has 0 amide bonds. The van der Waals surface area contributed by atoms with Crippen LogP contribution in [0.4, 0.5) is 0 Å². The van der Waals surface area contributed by atoms with Gasteiger partial charge < -0.3 is 14.0 Å². The van der Waals surface area contributed by atoms with Crippen LogP contribution in [-0.2, 0) is 36.4 Å². The Morgan fingerprint density at radius 3 is 2.09 bits per heavy atom. The molecule has 1 radical (unpaired) electrons. The van der Waals surface area contributed by atoms with E-state index in [9.17, 15) is 0 Å². The Balaban J connectivity index is 0.000000183. The summed E-state index contributed by atoms with van der Waals surface area (Å²) in [4.78, 5) is 9.91. The van der Waals surface area contributed by atoms with Crippen LogP contribution in [0.5, 0.6) is 0 Å². The van der Waals surface area contributed by atoms with Gasteiger partial charge in [-0.25, -0.2) is 0 Å². The standard InChI is InChI=1S/C45H35N2O.C29H34N.Ir/c1-27(2)36-24-32(29-13-6-5-7-14-29)25-37(28(3)4)43(36)47-41-20-11-10-19-40(41)46-45(47)35-18-12-17-34-39-23-31-22-21-30-15-8-9-16-33(30)38(31)26-42(39)48-44(34)35;1-19-9-10-21(26-17-22(13-14-30-26)27(2,3)4)15-23(19)20-11-12-24-25(16-20)29(7,8)18-28(24,5)6;/h5-17,19-28H,1-4H3;9,11-17H,18H2,1-8H3;/q2*-1;/i;1D3;. The van der Waals surface area contributed by atoms with E-state index in [0.29, 0.717) is 5.56 Å². The maximum absolute atomic E-state index is 8.15. The quantitative estimate of drug-likeness (QED) is 0.118. The van der Waals surface area contributed by atoms with Gasteiger partial charge in [-0.1, -0.05) is 203 Å². The van der Waals surface area contributed by atoms with Crippen LogP contribution in [0.2, 0.25) is 0 Å².